The first kappa shape index (κ1) is 27.6. The standard InChI is InChI=1S/C32H34F3NO2/c33-32(34,35)28-16-9-13-26(24-28)12-7-8-17-29(37)31(27-14-5-2-6-15-27)20-22-36(23-21-31)30(38)19-18-25-10-3-1-4-11-25/h1-6,9-11,13-16,24H,7-8,12,17-23H2. The fraction of sp³-hybridized carbons (Fsp3) is 0.375. The van der Waals surface area contributed by atoms with Crippen molar-refractivity contribution in [2.24, 2.45) is 0 Å². The number of nitrogens with zero attached hydrogens (tertiary/aromatic N) is 1. The monoisotopic (exact) mass is 521 g/mol. The maximum Gasteiger partial charge on any atom is 0.416 e. The molecular weight excluding hydrogens is 487 g/mol. The van der Waals surface area contributed by atoms with E-state index >= 15 is 0 Å². The van der Waals surface area contributed by atoms with Crippen molar-refractivity contribution in [2.75, 3.05) is 13.1 Å². The Hall–Kier alpha value is -3.41. The Bertz CT molecular complexity index is 1200. The van der Waals surface area contributed by atoms with E-state index in [0.29, 0.717) is 70.0 Å². The molecule has 0 aliphatic carbocycles. The number of amides is 1. The minimum atomic E-state index is -4.36. The predicted molar refractivity (Wildman–Crippen MR) is 143 cm³/mol. The summed E-state index contributed by atoms with van der Waals surface area (Å²) in [5, 5.41) is 0. The number of carbonyl (C=O) groups is 2. The molecule has 0 spiro atoms. The van der Waals surface area contributed by atoms with Crippen LogP contribution in [0.3, 0.4) is 0 Å². The van der Waals surface area contributed by atoms with Crippen molar-refractivity contribution in [3.8, 4) is 0 Å². The van der Waals surface area contributed by atoms with Gasteiger partial charge in [-0.05, 0) is 61.3 Å². The predicted octanol–water partition coefficient (Wildman–Crippen LogP) is 7.18. The molecule has 38 heavy (non-hydrogen) atoms. The lowest BCUT2D eigenvalue weighted by molar-refractivity contribution is -0.137. The summed E-state index contributed by atoms with van der Waals surface area (Å²) >= 11 is 0. The van der Waals surface area contributed by atoms with Crippen LogP contribution in [-0.4, -0.2) is 29.7 Å². The van der Waals surface area contributed by atoms with E-state index in [-0.39, 0.29) is 11.7 Å². The molecule has 0 N–H and O–H groups in total. The average molecular weight is 522 g/mol. The Balaban J connectivity index is 1.34. The molecule has 1 aliphatic heterocycles. The Morgan fingerprint density at radius 3 is 2.03 bits per heavy atom. The molecule has 0 bridgehead atoms. The second-order valence-electron chi connectivity index (χ2n) is 10.1. The zero-order valence-corrected chi connectivity index (χ0v) is 21.6. The molecule has 0 unspecified atom stereocenters. The Labute approximate surface area is 222 Å². The second-order valence-corrected chi connectivity index (χ2v) is 10.1. The third-order valence-corrected chi connectivity index (χ3v) is 7.67. The number of unbranched alkanes of at least 4 members (excludes halogenated alkanes) is 1. The van der Waals surface area contributed by atoms with Crippen LogP contribution in [0.15, 0.2) is 84.9 Å². The van der Waals surface area contributed by atoms with Crippen LogP contribution in [0.4, 0.5) is 13.2 Å². The maximum atomic E-state index is 13.7. The average Bonchev–Trinajstić information content (AvgIpc) is 2.94. The van der Waals surface area contributed by atoms with E-state index in [0.717, 1.165) is 17.2 Å². The number of aryl methyl sites for hydroxylation is 2. The summed E-state index contributed by atoms with van der Waals surface area (Å²) < 4.78 is 39.0. The number of rotatable bonds is 10. The lowest BCUT2D eigenvalue weighted by atomic mass is 9.68. The van der Waals surface area contributed by atoms with Gasteiger partial charge in [-0.15, -0.1) is 0 Å². The molecule has 0 aromatic heterocycles. The lowest BCUT2D eigenvalue weighted by Crippen LogP contribution is -2.49. The van der Waals surface area contributed by atoms with Gasteiger partial charge in [0, 0.05) is 25.9 Å². The first-order valence-electron chi connectivity index (χ1n) is 13.3. The van der Waals surface area contributed by atoms with Crippen molar-refractivity contribution in [2.45, 2.75) is 63.0 Å². The van der Waals surface area contributed by atoms with Gasteiger partial charge in [-0.3, -0.25) is 9.59 Å². The Morgan fingerprint density at radius 1 is 0.737 bits per heavy atom. The molecule has 200 valence electrons. The van der Waals surface area contributed by atoms with Gasteiger partial charge in [0.2, 0.25) is 5.91 Å². The highest BCUT2D eigenvalue weighted by atomic mass is 19.4. The van der Waals surface area contributed by atoms with E-state index in [4.69, 9.17) is 0 Å². The van der Waals surface area contributed by atoms with Gasteiger partial charge in [0.05, 0.1) is 11.0 Å². The van der Waals surface area contributed by atoms with Crippen LogP contribution in [-0.2, 0) is 34.0 Å². The fourth-order valence-corrected chi connectivity index (χ4v) is 5.43. The normalized spacial score (nSPS) is 15.3. The summed E-state index contributed by atoms with van der Waals surface area (Å²) in [6.07, 6.45) is 0.0873. The Kier molecular flexibility index (Phi) is 9.03. The highest BCUT2D eigenvalue weighted by Gasteiger charge is 2.42. The smallest absolute Gasteiger partial charge is 0.343 e. The van der Waals surface area contributed by atoms with Crippen LogP contribution in [0.2, 0.25) is 0 Å². The number of likely N-dealkylation sites (tertiary alicyclic amines) is 1. The van der Waals surface area contributed by atoms with Crippen molar-refractivity contribution in [1.29, 1.82) is 0 Å². The first-order valence-corrected chi connectivity index (χ1v) is 13.3. The van der Waals surface area contributed by atoms with Gasteiger partial charge in [0.1, 0.15) is 5.78 Å². The van der Waals surface area contributed by atoms with E-state index in [1.165, 1.54) is 12.1 Å². The van der Waals surface area contributed by atoms with Crippen LogP contribution in [0.25, 0.3) is 0 Å². The summed E-state index contributed by atoms with van der Waals surface area (Å²) in [7, 11) is 0. The quantitative estimate of drug-likeness (QED) is 0.265. The molecule has 1 fully saturated rings. The van der Waals surface area contributed by atoms with Crippen molar-refractivity contribution in [3.05, 3.63) is 107 Å². The molecule has 1 aliphatic rings. The van der Waals surface area contributed by atoms with E-state index < -0.39 is 17.2 Å². The molecular formula is C32H34F3NO2. The van der Waals surface area contributed by atoms with Crippen LogP contribution in [0.1, 0.15) is 60.8 Å². The topological polar surface area (TPSA) is 37.4 Å². The molecule has 1 amide bonds. The molecule has 0 atom stereocenters. The van der Waals surface area contributed by atoms with Gasteiger partial charge < -0.3 is 4.90 Å². The molecule has 3 nitrogen and oxygen atoms in total. The van der Waals surface area contributed by atoms with Gasteiger partial charge in [0.15, 0.2) is 0 Å². The molecule has 1 saturated heterocycles. The first-order chi connectivity index (χ1) is 18.3. The van der Waals surface area contributed by atoms with Gasteiger partial charge in [0.25, 0.3) is 0 Å². The zero-order chi connectivity index (χ0) is 27.0. The molecule has 3 aromatic rings. The van der Waals surface area contributed by atoms with E-state index in [1.54, 1.807) is 6.07 Å². The summed E-state index contributed by atoms with van der Waals surface area (Å²) in [6.45, 7) is 1.08. The van der Waals surface area contributed by atoms with Gasteiger partial charge in [-0.25, -0.2) is 0 Å². The number of ketones is 1. The molecule has 6 heteroatoms. The number of Topliss-reactive ketones (excluding diaryl/α,β-unsaturated/α-hetero) is 1. The number of carbonyl (C=O) groups excluding carboxylic acids is 2. The molecule has 0 saturated carbocycles. The molecule has 1 heterocycles. The third kappa shape index (κ3) is 6.91. The van der Waals surface area contributed by atoms with E-state index in [2.05, 4.69) is 0 Å². The van der Waals surface area contributed by atoms with Crippen molar-refractivity contribution < 1.29 is 22.8 Å². The molecule has 0 radical (unpaired) electrons. The third-order valence-electron chi connectivity index (χ3n) is 7.67. The number of benzene rings is 3. The van der Waals surface area contributed by atoms with Gasteiger partial charge in [-0.2, -0.15) is 13.2 Å². The largest absolute Gasteiger partial charge is 0.416 e. The van der Waals surface area contributed by atoms with Crippen molar-refractivity contribution in [3.63, 3.8) is 0 Å². The number of hydrogen-bond acceptors (Lipinski definition) is 2. The summed E-state index contributed by atoms with van der Waals surface area (Å²) in [5.41, 5.74) is 1.48. The second kappa shape index (κ2) is 12.4. The minimum absolute atomic E-state index is 0.115. The van der Waals surface area contributed by atoms with E-state index in [9.17, 15) is 22.8 Å². The number of hydrogen-bond donors (Lipinski definition) is 0. The number of piperidine rings is 1. The van der Waals surface area contributed by atoms with E-state index in [1.807, 2.05) is 65.6 Å². The highest BCUT2D eigenvalue weighted by molar-refractivity contribution is 5.90. The number of halogens is 3. The lowest BCUT2D eigenvalue weighted by Gasteiger charge is -2.41. The number of alkyl halides is 3. The van der Waals surface area contributed by atoms with Crippen molar-refractivity contribution in [1.82, 2.24) is 4.90 Å². The minimum Gasteiger partial charge on any atom is -0.343 e. The van der Waals surface area contributed by atoms with Crippen LogP contribution in [0, 0.1) is 0 Å². The van der Waals surface area contributed by atoms with Gasteiger partial charge in [-0.1, -0.05) is 78.9 Å². The van der Waals surface area contributed by atoms with Crippen LogP contribution in [0.5, 0.6) is 0 Å². The zero-order valence-electron chi connectivity index (χ0n) is 21.6. The van der Waals surface area contributed by atoms with Crippen molar-refractivity contribution >= 4 is 11.7 Å². The molecule has 4 rings (SSSR count). The summed E-state index contributed by atoms with van der Waals surface area (Å²) in [6, 6.07) is 25.2. The maximum absolute atomic E-state index is 13.7. The summed E-state index contributed by atoms with van der Waals surface area (Å²) in [5.74, 6) is 0.271. The highest BCUT2D eigenvalue weighted by Crippen LogP contribution is 2.38. The molecule has 3 aromatic carbocycles. The fourth-order valence-electron chi connectivity index (χ4n) is 5.43. The van der Waals surface area contributed by atoms with Crippen LogP contribution >= 0.6 is 0 Å². The van der Waals surface area contributed by atoms with Gasteiger partial charge >= 0.3 is 6.18 Å². The SMILES string of the molecule is O=C(CCc1ccccc1)N1CCC(C(=O)CCCCc2cccc(C(F)(F)F)c2)(c2ccccc2)CC1. The Morgan fingerprint density at radius 2 is 1.37 bits per heavy atom. The summed E-state index contributed by atoms with van der Waals surface area (Å²) in [4.78, 5) is 28.4. The van der Waals surface area contributed by atoms with Crippen LogP contribution < -0.4 is 0 Å².